The largest absolute Gasteiger partial charge is 0.340 e. The first-order valence-corrected chi connectivity index (χ1v) is 8.43. The van der Waals surface area contributed by atoms with E-state index in [0.29, 0.717) is 30.6 Å². The molecule has 3 rings (SSSR count). The number of aryl methyl sites for hydroxylation is 1. The number of para-hydroxylation sites is 2. The third-order valence-electron chi connectivity index (χ3n) is 4.96. The first-order valence-electron chi connectivity index (χ1n) is 8.43. The van der Waals surface area contributed by atoms with E-state index >= 15 is 0 Å². The van der Waals surface area contributed by atoms with E-state index in [0.717, 1.165) is 24.1 Å². The molecule has 2 atom stereocenters. The number of aromatic nitrogens is 2. The lowest BCUT2D eigenvalue weighted by Crippen LogP contribution is -2.56. The number of amides is 1. The SMILES string of the molecule is CC1CN(C(=O)CCc2nc3ccccc3[nH]c2=O)CC(C)N1C. The van der Waals surface area contributed by atoms with Crippen LogP contribution in [0.2, 0.25) is 0 Å². The van der Waals surface area contributed by atoms with Crippen molar-refractivity contribution in [2.75, 3.05) is 20.1 Å². The summed E-state index contributed by atoms with van der Waals surface area (Å²) in [5.74, 6) is 0.0937. The van der Waals surface area contributed by atoms with Gasteiger partial charge in [-0.25, -0.2) is 4.98 Å². The van der Waals surface area contributed by atoms with Crippen molar-refractivity contribution >= 4 is 16.9 Å². The van der Waals surface area contributed by atoms with Crippen LogP contribution in [0.15, 0.2) is 29.1 Å². The van der Waals surface area contributed by atoms with E-state index in [-0.39, 0.29) is 11.5 Å². The van der Waals surface area contributed by atoms with Crippen LogP contribution in [0.3, 0.4) is 0 Å². The van der Waals surface area contributed by atoms with E-state index in [1.165, 1.54) is 0 Å². The predicted octanol–water partition coefficient (Wildman–Crippen LogP) is 1.41. The molecule has 1 aromatic heterocycles. The van der Waals surface area contributed by atoms with Crippen LogP contribution in [-0.4, -0.2) is 57.9 Å². The zero-order chi connectivity index (χ0) is 17.3. The van der Waals surface area contributed by atoms with E-state index in [1.54, 1.807) is 0 Å². The van der Waals surface area contributed by atoms with Gasteiger partial charge >= 0.3 is 0 Å². The molecule has 0 saturated carbocycles. The highest BCUT2D eigenvalue weighted by molar-refractivity contribution is 5.77. The van der Waals surface area contributed by atoms with Gasteiger partial charge < -0.3 is 9.88 Å². The Morgan fingerprint density at radius 1 is 1.25 bits per heavy atom. The normalized spacial score (nSPS) is 22.0. The zero-order valence-electron chi connectivity index (χ0n) is 14.5. The number of carbonyl (C=O) groups is 1. The Morgan fingerprint density at radius 3 is 2.62 bits per heavy atom. The van der Waals surface area contributed by atoms with Crippen LogP contribution in [0, 0.1) is 0 Å². The number of likely N-dealkylation sites (N-methyl/N-ethyl adjacent to an activating group) is 1. The second-order valence-electron chi connectivity index (χ2n) is 6.69. The highest BCUT2D eigenvalue weighted by Gasteiger charge is 2.29. The Hall–Kier alpha value is -2.21. The van der Waals surface area contributed by atoms with Crippen LogP contribution in [0.4, 0.5) is 0 Å². The summed E-state index contributed by atoms with van der Waals surface area (Å²) < 4.78 is 0. The van der Waals surface area contributed by atoms with E-state index in [2.05, 4.69) is 35.8 Å². The third-order valence-corrected chi connectivity index (χ3v) is 4.96. The molecule has 24 heavy (non-hydrogen) atoms. The van der Waals surface area contributed by atoms with Gasteiger partial charge in [-0.05, 0) is 33.0 Å². The molecule has 1 fully saturated rings. The summed E-state index contributed by atoms with van der Waals surface area (Å²) in [5.41, 5.74) is 1.69. The van der Waals surface area contributed by atoms with E-state index in [4.69, 9.17) is 0 Å². The summed E-state index contributed by atoms with van der Waals surface area (Å²) in [7, 11) is 2.09. The second kappa shape index (κ2) is 6.73. The van der Waals surface area contributed by atoms with E-state index in [1.807, 2.05) is 29.2 Å². The molecule has 1 amide bonds. The number of nitrogens with one attached hydrogen (secondary N) is 1. The van der Waals surface area contributed by atoms with Crippen molar-refractivity contribution < 1.29 is 4.79 Å². The van der Waals surface area contributed by atoms with Crippen LogP contribution in [0.5, 0.6) is 0 Å². The molecular formula is C18H24N4O2. The van der Waals surface area contributed by atoms with Gasteiger partial charge in [-0.3, -0.25) is 14.5 Å². The number of benzene rings is 1. The fraction of sp³-hybridized carbons (Fsp3) is 0.500. The maximum atomic E-state index is 12.5. The lowest BCUT2D eigenvalue weighted by atomic mass is 10.1. The minimum Gasteiger partial charge on any atom is -0.340 e. The van der Waals surface area contributed by atoms with Crippen LogP contribution in [-0.2, 0) is 11.2 Å². The molecule has 2 unspecified atom stereocenters. The number of fused-ring (bicyclic) bond motifs is 1. The summed E-state index contributed by atoms with van der Waals surface area (Å²) in [6, 6.07) is 8.13. The van der Waals surface area contributed by atoms with Crippen LogP contribution >= 0.6 is 0 Å². The molecule has 1 aromatic carbocycles. The monoisotopic (exact) mass is 328 g/mol. The van der Waals surface area contributed by atoms with Gasteiger partial charge in [0.2, 0.25) is 5.91 Å². The summed E-state index contributed by atoms with van der Waals surface area (Å²) in [6.07, 6.45) is 0.686. The topological polar surface area (TPSA) is 69.3 Å². The molecule has 1 aliphatic rings. The van der Waals surface area contributed by atoms with Gasteiger partial charge in [-0.1, -0.05) is 12.1 Å². The lowest BCUT2D eigenvalue weighted by Gasteiger charge is -2.42. The fourth-order valence-corrected chi connectivity index (χ4v) is 3.23. The Kier molecular flexibility index (Phi) is 4.66. The average molecular weight is 328 g/mol. The Balaban J connectivity index is 1.68. The number of rotatable bonds is 3. The number of H-pyrrole nitrogens is 1. The molecule has 6 heteroatoms. The molecule has 1 N–H and O–H groups in total. The molecule has 2 heterocycles. The first-order chi connectivity index (χ1) is 11.5. The highest BCUT2D eigenvalue weighted by atomic mass is 16.2. The lowest BCUT2D eigenvalue weighted by molar-refractivity contribution is -0.135. The number of hydrogen-bond donors (Lipinski definition) is 1. The number of carbonyl (C=O) groups excluding carboxylic acids is 1. The first kappa shape index (κ1) is 16.6. The van der Waals surface area contributed by atoms with Gasteiger partial charge in [-0.15, -0.1) is 0 Å². The van der Waals surface area contributed by atoms with Crippen molar-refractivity contribution in [2.24, 2.45) is 0 Å². The highest BCUT2D eigenvalue weighted by Crippen LogP contribution is 2.15. The van der Waals surface area contributed by atoms with Crippen LogP contribution in [0.25, 0.3) is 11.0 Å². The maximum Gasteiger partial charge on any atom is 0.270 e. The van der Waals surface area contributed by atoms with Crippen molar-refractivity contribution in [3.8, 4) is 0 Å². The standard InChI is InChI=1S/C18H24N4O2/c1-12-10-22(11-13(2)21(12)3)17(23)9-8-16-18(24)20-15-7-5-4-6-14(15)19-16/h4-7,12-13H,8-11H2,1-3H3,(H,20,24). The van der Waals surface area contributed by atoms with Crippen molar-refractivity contribution in [3.05, 3.63) is 40.3 Å². The van der Waals surface area contributed by atoms with Gasteiger partial charge in [0.15, 0.2) is 0 Å². The Bertz CT molecular complexity index is 789. The van der Waals surface area contributed by atoms with Gasteiger partial charge in [-0.2, -0.15) is 0 Å². The van der Waals surface area contributed by atoms with E-state index < -0.39 is 0 Å². The molecule has 6 nitrogen and oxygen atoms in total. The van der Waals surface area contributed by atoms with Gasteiger partial charge in [0, 0.05) is 38.0 Å². The molecule has 1 saturated heterocycles. The number of aromatic amines is 1. The van der Waals surface area contributed by atoms with Crippen LogP contribution in [0.1, 0.15) is 26.0 Å². The smallest absolute Gasteiger partial charge is 0.270 e. The molecule has 0 spiro atoms. The minimum atomic E-state index is -0.207. The summed E-state index contributed by atoms with van der Waals surface area (Å²) in [4.78, 5) is 36.1. The molecule has 1 aliphatic heterocycles. The molecular weight excluding hydrogens is 304 g/mol. The van der Waals surface area contributed by atoms with E-state index in [9.17, 15) is 9.59 Å². The number of piperazine rings is 1. The number of hydrogen-bond acceptors (Lipinski definition) is 4. The van der Waals surface area contributed by atoms with Crippen molar-refractivity contribution in [1.82, 2.24) is 19.8 Å². The van der Waals surface area contributed by atoms with Gasteiger partial charge in [0.1, 0.15) is 5.69 Å². The fourth-order valence-electron chi connectivity index (χ4n) is 3.23. The average Bonchev–Trinajstić information content (AvgIpc) is 2.57. The Labute approximate surface area is 141 Å². The van der Waals surface area contributed by atoms with Crippen LogP contribution < -0.4 is 5.56 Å². The van der Waals surface area contributed by atoms with Crippen molar-refractivity contribution in [1.29, 1.82) is 0 Å². The minimum absolute atomic E-state index is 0.0937. The zero-order valence-corrected chi connectivity index (χ0v) is 14.5. The summed E-state index contributed by atoms with van der Waals surface area (Å²) in [5, 5.41) is 0. The number of nitrogens with zero attached hydrogens (tertiary/aromatic N) is 3. The molecule has 128 valence electrons. The summed E-state index contributed by atoms with van der Waals surface area (Å²) in [6.45, 7) is 5.74. The molecule has 0 bridgehead atoms. The molecule has 0 aliphatic carbocycles. The quantitative estimate of drug-likeness (QED) is 0.925. The van der Waals surface area contributed by atoms with Gasteiger partial charge in [0.25, 0.3) is 5.56 Å². The summed E-state index contributed by atoms with van der Waals surface area (Å²) >= 11 is 0. The Morgan fingerprint density at radius 2 is 1.92 bits per heavy atom. The molecule has 0 radical (unpaired) electrons. The second-order valence-corrected chi connectivity index (χ2v) is 6.69. The third kappa shape index (κ3) is 3.33. The van der Waals surface area contributed by atoms with Crippen molar-refractivity contribution in [2.45, 2.75) is 38.8 Å². The molecule has 2 aromatic rings. The predicted molar refractivity (Wildman–Crippen MR) is 94.0 cm³/mol. The maximum absolute atomic E-state index is 12.5. The van der Waals surface area contributed by atoms with Gasteiger partial charge in [0.05, 0.1) is 11.0 Å². The van der Waals surface area contributed by atoms with Crippen molar-refractivity contribution in [3.63, 3.8) is 0 Å².